The van der Waals surface area contributed by atoms with E-state index in [-0.39, 0.29) is 0 Å². The summed E-state index contributed by atoms with van der Waals surface area (Å²) in [6.45, 7) is 0.618. The Labute approximate surface area is 168 Å². The lowest BCUT2D eigenvalue weighted by molar-refractivity contribution is -0.127. The summed E-state index contributed by atoms with van der Waals surface area (Å²) in [5, 5.41) is 0.768. The highest BCUT2D eigenvalue weighted by atomic mass is 16.5. The number of carbonyl (C=O) groups is 2. The third kappa shape index (κ3) is 3.89. The molecule has 4 aromatic rings. The van der Waals surface area contributed by atoms with Gasteiger partial charge < -0.3 is 15.0 Å². The van der Waals surface area contributed by atoms with E-state index in [4.69, 9.17) is 10.5 Å². The monoisotopic (exact) mass is 384 g/mol. The minimum absolute atomic E-state index is 0.402. The molecule has 0 radical (unpaired) electrons. The molecule has 1 aromatic heterocycles. The molecule has 0 bridgehead atoms. The molecule has 1 atom stereocenters. The van der Waals surface area contributed by atoms with Crippen molar-refractivity contribution < 1.29 is 14.3 Å². The van der Waals surface area contributed by atoms with Crippen molar-refractivity contribution in [2.45, 2.75) is 12.6 Å². The van der Waals surface area contributed by atoms with Gasteiger partial charge in [-0.05, 0) is 11.6 Å². The Morgan fingerprint density at radius 2 is 1.48 bits per heavy atom. The van der Waals surface area contributed by atoms with Gasteiger partial charge in [-0.25, -0.2) is 4.79 Å². The zero-order chi connectivity index (χ0) is 20.2. The molecular formula is C24H20N2O3. The number of para-hydroxylation sites is 1. The lowest BCUT2D eigenvalue weighted by atomic mass is 10.1. The van der Waals surface area contributed by atoms with Crippen molar-refractivity contribution in [2.24, 2.45) is 5.73 Å². The third-order valence-electron chi connectivity index (χ3n) is 4.79. The highest BCUT2D eigenvalue weighted by Crippen LogP contribution is 2.26. The second-order valence-corrected chi connectivity index (χ2v) is 6.77. The van der Waals surface area contributed by atoms with Crippen molar-refractivity contribution in [3.63, 3.8) is 0 Å². The fourth-order valence-corrected chi connectivity index (χ4v) is 3.41. The largest absolute Gasteiger partial charge is 0.444 e. The number of nitrogens with zero attached hydrogens (tertiary/aromatic N) is 1. The molecule has 0 saturated heterocycles. The number of ether oxygens (including phenoxy) is 1. The first-order valence-corrected chi connectivity index (χ1v) is 9.30. The molecular weight excluding hydrogens is 364 g/mol. The molecule has 0 aliphatic rings. The van der Waals surface area contributed by atoms with Crippen LogP contribution < -0.4 is 5.73 Å². The number of rotatable bonds is 6. The van der Waals surface area contributed by atoms with Gasteiger partial charge in [-0.1, -0.05) is 78.9 Å². The maximum atomic E-state index is 13.0. The fraction of sp³-hybridized carbons (Fsp3) is 0.0833. The predicted molar refractivity (Wildman–Crippen MR) is 111 cm³/mol. The van der Waals surface area contributed by atoms with Crippen LogP contribution in [0.2, 0.25) is 0 Å². The van der Waals surface area contributed by atoms with Gasteiger partial charge in [0.25, 0.3) is 5.91 Å². The first-order valence-electron chi connectivity index (χ1n) is 9.30. The van der Waals surface area contributed by atoms with Crippen molar-refractivity contribution >= 4 is 22.8 Å². The van der Waals surface area contributed by atoms with Crippen LogP contribution in [0.25, 0.3) is 10.9 Å². The molecule has 1 amide bonds. The molecule has 29 heavy (non-hydrogen) atoms. The Kier molecular flexibility index (Phi) is 5.12. The van der Waals surface area contributed by atoms with E-state index in [1.165, 1.54) is 0 Å². The molecule has 1 heterocycles. The Morgan fingerprint density at radius 1 is 0.862 bits per heavy atom. The molecule has 0 aliphatic heterocycles. The summed E-state index contributed by atoms with van der Waals surface area (Å²) in [6, 6.07) is 26.4. The maximum absolute atomic E-state index is 13.0. The van der Waals surface area contributed by atoms with Crippen LogP contribution in [0.1, 0.15) is 27.6 Å². The molecule has 0 saturated carbocycles. The topological polar surface area (TPSA) is 74.3 Å². The second-order valence-electron chi connectivity index (χ2n) is 6.77. The van der Waals surface area contributed by atoms with Crippen LogP contribution in [0.4, 0.5) is 0 Å². The van der Waals surface area contributed by atoms with Crippen LogP contribution in [0.3, 0.4) is 0 Å². The number of primary amides is 1. The smallest absolute Gasteiger partial charge is 0.341 e. The Hall–Kier alpha value is -3.86. The number of esters is 1. The number of hydrogen-bond acceptors (Lipinski definition) is 3. The molecule has 0 fully saturated rings. The van der Waals surface area contributed by atoms with Crippen molar-refractivity contribution in [2.75, 3.05) is 0 Å². The zero-order valence-electron chi connectivity index (χ0n) is 15.7. The van der Waals surface area contributed by atoms with Crippen molar-refractivity contribution in [1.29, 1.82) is 0 Å². The van der Waals surface area contributed by atoms with Crippen molar-refractivity contribution in [3.05, 3.63) is 108 Å². The maximum Gasteiger partial charge on any atom is 0.341 e. The first-order chi connectivity index (χ1) is 14.1. The van der Waals surface area contributed by atoms with Gasteiger partial charge in [0.1, 0.15) is 0 Å². The summed E-state index contributed by atoms with van der Waals surface area (Å²) in [7, 11) is 0. The van der Waals surface area contributed by atoms with E-state index in [2.05, 4.69) is 0 Å². The Morgan fingerprint density at radius 3 is 2.17 bits per heavy atom. The van der Waals surface area contributed by atoms with Crippen LogP contribution in [0.15, 0.2) is 91.1 Å². The number of fused-ring (bicyclic) bond motifs is 1. The van der Waals surface area contributed by atoms with E-state index in [0.29, 0.717) is 17.7 Å². The first kappa shape index (κ1) is 18.5. The van der Waals surface area contributed by atoms with Gasteiger partial charge in [0.15, 0.2) is 0 Å². The SMILES string of the molecule is NC(=O)C(OC(=O)c1cn(Cc2ccccc2)c2ccccc12)c1ccccc1. The van der Waals surface area contributed by atoms with E-state index < -0.39 is 18.0 Å². The summed E-state index contributed by atoms with van der Waals surface area (Å²) >= 11 is 0. The lowest BCUT2D eigenvalue weighted by Gasteiger charge is -2.14. The molecule has 1 unspecified atom stereocenters. The molecule has 5 heteroatoms. The molecule has 0 spiro atoms. The van der Waals surface area contributed by atoms with Crippen molar-refractivity contribution in [1.82, 2.24) is 4.57 Å². The van der Waals surface area contributed by atoms with Gasteiger partial charge in [-0.15, -0.1) is 0 Å². The van der Waals surface area contributed by atoms with Crippen molar-refractivity contribution in [3.8, 4) is 0 Å². The molecule has 144 valence electrons. The summed E-state index contributed by atoms with van der Waals surface area (Å²) in [5.41, 5.74) is 8.47. The number of benzene rings is 3. The average molecular weight is 384 g/mol. The quantitative estimate of drug-likeness (QED) is 0.509. The van der Waals surface area contributed by atoms with E-state index >= 15 is 0 Å². The minimum atomic E-state index is -1.14. The molecule has 4 rings (SSSR count). The van der Waals surface area contributed by atoms with Gasteiger partial charge in [0.2, 0.25) is 6.10 Å². The summed E-state index contributed by atoms with van der Waals surface area (Å²) < 4.78 is 7.53. The lowest BCUT2D eigenvalue weighted by Crippen LogP contribution is -2.26. The fourth-order valence-electron chi connectivity index (χ4n) is 3.41. The molecule has 2 N–H and O–H groups in total. The molecule has 5 nitrogen and oxygen atoms in total. The number of nitrogens with two attached hydrogens (primary N) is 1. The normalized spacial score (nSPS) is 11.9. The van der Waals surface area contributed by atoms with Crippen LogP contribution in [0, 0.1) is 0 Å². The molecule has 3 aromatic carbocycles. The van der Waals surface area contributed by atoms with Gasteiger partial charge in [-0.2, -0.15) is 0 Å². The molecule has 0 aliphatic carbocycles. The Balaban J connectivity index is 1.68. The summed E-state index contributed by atoms with van der Waals surface area (Å²) in [5.74, 6) is -1.29. The second kappa shape index (κ2) is 8.02. The van der Waals surface area contributed by atoms with Gasteiger partial charge in [-0.3, -0.25) is 4.79 Å². The van der Waals surface area contributed by atoms with E-state index in [1.54, 1.807) is 30.5 Å². The highest BCUT2D eigenvalue weighted by Gasteiger charge is 2.25. The van der Waals surface area contributed by atoms with E-state index in [0.717, 1.165) is 16.5 Å². The summed E-state index contributed by atoms with van der Waals surface area (Å²) in [4.78, 5) is 24.9. The van der Waals surface area contributed by atoms with Gasteiger partial charge >= 0.3 is 5.97 Å². The van der Waals surface area contributed by atoms with Crippen LogP contribution in [0.5, 0.6) is 0 Å². The minimum Gasteiger partial charge on any atom is -0.444 e. The zero-order valence-corrected chi connectivity index (χ0v) is 15.7. The third-order valence-corrected chi connectivity index (χ3v) is 4.79. The van der Waals surface area contributed by atoms with Crippen LogP contribution in [-0.2, 0) is 16.1 Å². The van der Waals surface area contributed by atoms with E-state index in [1.807, 2.05) is 65.2 Å². The average Bonchev–Trinajstić information content (AvgIpc) is 3.12. The standard InChI is InChI=1S/C24H20N2O3/c25-23(27)22(18-11-5-2-6-12-18)29-24(28)20-16-26(15-17-9-3-1-4-10-17)21-14-8-7-13-19(20)21/h1-14,16,22H,15H2,(H2,25,27). The van der Waals surface area contributed by atoms with Gasteiger partial charge in [0, 0.05) is 29.2 Å². The van der Waals surface area contributed by atoms with Crippen LogP contribution >= 0.6 is 0 Å². The summed E-state index contributed by atoms with van der Waals surface area (Å²) in [6.07, 6.45) is 0.628. The van der Waals surface area contributed by atoms with Crippen LogP contribution in [-0.4, -0.2) is 16.4 Å². The number of hydrogen-bond donors (Lipinski definition) is 1. The van der Waals surface area contributed by atoms with E-state index in [9.17, 15) is 9.59 Å². The number of carbonyl (C=O) groups excluding carboxylic acids is 2. The Bertz CT molecular complexity index is 1150. The predicted octanol–water partition coefficient (Wildman–Crippen LogP) is 4.07. The number of amides is 1. The number of aromatic nitrogens is 1. The highest BCUT2D eigenvalue weighted by molar-refractivity contribution is 6.05. The van der Waals surface area contributed by atoms with Gasteiger partial charge in [0.05, 0.1) is 5.56 Å².